The molecule has 6 heteroatoms. The highest BCUT2D eigenvalue weighted by molar-refractivity contribution is 5.75. The number of nitrogens with zero attached hydrogens (tertiary/aromatic N) is 3. The largest absolute Gasteiger partial charge is 0.354 e. The number of amides is 1. The van der Waals surface area contributed by atoms with Gasteiger partial charge in [0.05, 0.1) is 5.69 Å². The number of hydrogen-bond donors (Lipinski definition) is 1. The molecule has 144 valence electrons. The zero-order valence-electron chi connectivity index (χ0n) is 15.9. The molecule has 2 aromatic rings. The van der Waals surface area contributed by atoms with Crippen LogP contribution in [0, 0.1) is 5.92 Å². The van der Waals surface area contributed by atoms with Gasteiger partial charge in [-0.15, -0.1) is 0 Å². The van der Waals surface area contributed by atoms with Gasteiger partial charge in [-0.05, 0) is 44.3 Å². The summed E-state index contributed by atoms with van der Waals surface area (Å²) in [7, 11) is 0. The van der Waals surface area contributed by atoms with Gasteiger partial charge in [0.1, 0.15) is 6.54 Å². The maximum Gasteiger partial charge on any atom is 0.267 e. The molecule has 27 heavy (non-hydrogen) atoms. The van der Waals surface area contributed by atoms with Crippen LogP contribution < -0.4 is 10.9 Å². The molecule has 1 atom stereocenters. The first-order valence-electron chi connectivity index (χ1n) is 9.74. The Hall–Kier alpha value is -2.47. The van der Waals surface area contributed by atoms with Gasteiger partial charge in [0.15, 0.2) is 0 Å². The van der Waals surface area contributed by atoms with Crippen molar-refractivity contribution < 1.29 is 4.79 Å². The normalized spacial score (nSPS) is 17.6. The van der Waals surface area contributed by atoms with E-state index in [2.05, 4.69) is 22.2 Å². The lowest BCUT2D eigenvalue weighted by molar-refractivity contribution is -0.121. The van der Waals surface area contributed by atoms with E-state index in [0.717, 1.165) is 37.5 Å². The van der Waals surface area contributed by atoms with Crippen LogP contribution in [0.25, 0.3) is 11.3 Å². The van der Waals surface area contributed by atoms with Crippen molar-refractivity contribution in [3.8, 4) is 11.3 Å². The Kier molecular flexibility index (Phi) is 6.76. The predicted molar refractivity (Wildman–Crippen MR) is 106 cm³/mol. The summed E-state index contributed by atoms with van der Waals surface area (Å²) in [5.74, 6) is 0.588. The monoisotopic (exact) mass is 368 g/mol. The molecule has 1 aliphatic rings. The number of rotatable bonds is 7. The Bertz CT molecular complexity index is 803. The van der Waals surface area contributed by atoms with Crippen molar-refractivity contribution in [2.24, 2.45) is 5.92 Å². The van der Waals surface area contributed by atoms with E-state index < -0.39 is 0 Å². The van der Waals surface area contributed by atoms with Crippen molar-refractivity contribution in [3.63, 3.8) is 0 Å². The molecule has 6 nitrogen and oxygen atoms in total. The fraction of sp³-hybridized carbons (Fsp3) is 0.476. The number of aromatic nitrogens is 2. The van der Waals surface area contributed by atoms with Gasteiger partial charge < -0.3 is 10.2 Å². The maximum absolute atomic E-state index is 12.2. The summed E-state index contributed by atoms with van der Waals surface area (Å²) >= 11 is 0. The molecule has 0 radical (unpaired) electrons. The van der Waals surface area contributed by atoms with Gasteiger partial charge in [-0.25, -0.2) is 4.68 Å². The fourth-order valence-corrected chi connectivity index (χ4v) is 3.54. The second-order valence-corrected chi connectivity index (χ2v) is 7.33. The Morgan fingerprint density at radius 3 is 2.81 bits per heavy atom. The average molecular weight is 368 g/mol. The highest BCUT2D eigenvalue weighted by Crippen LogP contribution is 2.15. The third-order valence-electron chi connectivity index (χ3n) is 4.94. The van der Waals surface area contributed by atoms with E-state index in [-0.39, 0.29) is 18.0 Å². The van der Waals surface area contributed by atoms with Crippen LogP contribution in [0.5, 0.6) is 0 Å². The lowest BCUT2D eigenvalue weighted by Crippen LogP contribution is -2.37. The number of likely N-dealkylation sites (tertiary alicyclic amines) is 1. The lowest BCUT2D eigenvalue weighted by atomic mass is 10.0. The van der Waals surface area contributed by atoms with Gasteiger partial charge in [0, 0.05) is 24.7 Å². The average Bonchev–Trinajstić information content (AvgIpc) is 2.68. The maximum atomic E-state index is 12.2. The predicted octanol–water partition coefficient (Wildman–Crippen LogP) is 2.15. The van der Waals surface area contributed by atoms with Crippen LogP contribution in [0.4, 0.5) is 0 Å². The SMILES string of the molecule is C[C@@H]1CCCN(CCCNC(=O)Cn2nc(-c3ccccc3)ccc2=O)C1. The van der Waals surface area contributed by atoms with Gasteiger partial charge >= 0.3 is 0 Å². The lowest BCUT2D eigenvalue weighted by Gasteiger charge is -2.30. The van der Waals surface area contributed by atoms with E-state index in [1.807, 2.05) is 30.3 Å². The van der Waals surface area contributed by atoms with Crippen LogP contribution in [-0.4, -0.2) is 46.8 Å². The number of nitrogens with one attached hydrogen (secondary N) is 1. The number of carbonyl (C=O) groups is 1. The van der Waals surface area contributed by atoms with Crippen LogP contribution in [-0.2, 0) is 11.3 Å². The molecule has 1 saturated heterocycles. The molecule has 1 N–H and O–H groups in total. The summed E-state index contributed by atoms with van der Waals surface area (Å²) < 4.78 is 1.23. The zero-order chi connectivity index (χ0) is 19.1. The van der Waals surface area contributed by atoms with Crippen molar-refractivity contribution in [2.45, 2.75) is 32.7 Å². The quantitative estimate of drug-likeness (QED) is 0.761. The van der Waals surface area contributed by atoms with Crippen molar-refractivity contribution in [1.82, 2.24) is 20.0 Å². The fourth-order valence-electron chi connectivity index (χ4n) is 3.54. The summed E-state index contributed by atoms with van der Waals surface area (Å²) in [5, 5.41) is 7.23. The summed E-state index contributed by atoms with van der Waals surface area (Å²) in [6.07, 6.45) is 3.50. The molecule has 1 aromatic heterocycles. The second-order valence-electron chi connectivity index (χ2n) is 7.33. The zero-order valence-corrected chi connectivity index (χ0v) is 15.9. The smallest absolute Gasteiger partial charge is 0.267 e. The molecule has 1 fully saturated rings. The van der Waals surface area contributed by atoms with E-state index in [9.17, 15) is 9.59 Å². The molecule has 0 saturated carbocycles. The molecule has 2 heterocycles. The standard InChI is InChI=1S/C21H28N4O2/c1-17-7-5-13-24(15-17)14-6-12-22-20(26)16-25-21(27)11-10-19(23-25)18-8-3-2-4-9-18/h2-4,8-11,17H,5-7,12-16H2,1H3,(H,22,26)/t17-/m1/s1. The van der Waals surface area contributed by atoms with E-state index in [1.165, 1.54) is 23.6 Å². The first-order chi connectivity index (χ1) is 13.1. The summed E-state index contributed by atoms with van der Waals surface area (Å²) in [6.45, 7) is 6.18. The molecule has 0 bridgehead atoms. The molecule has 3 rings (SSSR count). The van der Waals surface area contributed by atoms with Crippen LogP contribution in [0.3, 0.4) is 0 Å². The van der Waals surface area contributed by atoms with Crippen molar-refractivity contribution in [1.29, 1.82) is 0 Å². The summed E-state index contributed by atoms with van der Waals surface area (Å²) in [6, 6.07) is 12.8. The minimum Gasteiger partial charge on any atom is -0.354 e. The third-order valence-corrected chi connectivity index (χ3v) is 4.94. The van der Waals surface area contributed by atoms with Gasteiger partial charge in [0.2, 0.25) is 5.91 Å². The van der Waals surface area contributed by atoms with Crippen molar-refractivity contribution in [3.05, 3.63) is 52.8 Å². The molecule has 0 spiro atoms. The Morgan fingerprint density at radius 1 is 1.22 bits per heavy atom. The Labute approximate surface area is 160 Å². The third kappa shape index (κ3) is 5.76. The number of benzene rings is 1. The topological polar surface area (TPSA) is 67.2 Å². The van der Waals surface area contributed by atoms with E-state index >= 15 is 0 Å². The highest BCUT2D eigenvalue weighted by Gasteiger charge is 2.15. The van der Waals surface area contributed by atoms with Crippen LogP contribution in [0.2, 0.25) is 0 Å². The molecular weight excluding hydrogens is 340 g/mol. The number of hydrogen-bond acceptors (Lipinski definition) is 4. The van der Waals surface area contributed by atoms with Gasteiger partial charge in [-0.1, -0.05) is 37.3 Å². The van der Waals surface area contributed by atoms with Gasteiger partial charge in [0.25, 0.3) is 5.56 Å². The molecule has 1 aromatic carbocycles. The Balaban J connectivity index is 1.48. The van der Waals surface area contributed by atoms with Crippen LogP contribution in [0.15, 0.2) is 47.3 Å². The molecule has 0 aliphatic carbocycles. The Morgan fingerprint density at radius 2 is 2.04 bits per heavy atom. The first kappa shape index (κ1) is 19.3. The van der Waals surface area contributed by atoms with Crippen LogP contribution >= 0.6 is 0 Å². The first-order valence-corrected chi connectivity index (χ1v) is 9.74. The minimum atomic E-state index is -0.271. The number of carbonyl (C=O) groups excluding carboxylic acids is 1. The molecule has 0 unspecified atom stereocenters. The van der Waals surface area contributed by atoms with E-state index in [0.29, 0.717) is 12.2 Å². The highest BCUT2D eigenvalue weighted by atomic mass is 16.2. The molecule has 1 aliphatic heterocycles. The second kappa shape index (κ2) is 9.46. The molecular formula is C21H28N4O2. The van der Waals surface area contributed by atoms with Gasteiger partial charge in [-0.3, -0.25) is 9.59 Å². The van der Waals surface area contributed by atoms with E-state index in [1.54, 1.807) is 6.07 Å². The van der Waals surface area contributed by atoms with E-state index in [4.69, 9.17) is 0 Å². The molecule has 1 amide bonds. The van der Waals surface area contributed by atoms with Crippen LogP contribution in [0.1, 0.15) is 26.2 Å². The van der Waals surface area contributed by atoms with Crippen molar-refractivity contribution in [2.75, 3.05) is 26.2 Å². The minimum absolute atomic E-state index is 0.0553. The van der Waals surface area contributed by atoms with Crippen molar-refractivity contribution >= 4 is 5.91 Å². The van der Waals surface area contributed by atoms with Gasteiger partial charge in [-0.2, -0.15) is 5.10 Å². The number of piperidine rings is 1. The summed E-state index contributed by atoms with van der Waals surface area (Å²) in [4.78, 5) is 26.7. The summed E-state index contributed by atoms with van der Waals surface area (Å²) in [5.41, 5.74) is 1.33.